The van der Waals surface area contributed by atoms with Crippen molar-refractivity contribution in [3.63, 3.8) is 0 Å². The van der Waals surface area contributed by atoms with E-state index in [4.69, 9.17) is 0 Å². The normalized spacial score (nSPS) is 22.9. The molecule has 9 nitrogen and oxygen atoms in total. The molecule has 10 heteroatoms. The quantitative estimate of drug-likeness (QED) is 0.676. The lowest BCUT2D eigenvalue weighted by Gasteiger charge is -2.36. The van der Waals surface area contributed by atoms with Crippen LogP contribution >= 0.6 is 0 Å². The Labute approximate surface area is 170 Å². The highest BCUT2D eigenvalue weighted by molar-refractivity contribution is 7.87. The minimum absolute atomic E-state index is 0.272. The van der Waals surface area contributed by atoms with Gasteiger partial charge in [0.25, 0.3) is 10.2 Å². The van der Waals surface area contributed by atoms with Gasteiger partial charge < -0.3 is 10.4 Å². The number of likely N-dealkylation sites (N-methyl/N-ethyl adjacent to an activating group) is 1. The summed E-state index contributed by atoms with van der Waals surface area (Å²) < 4.78 is 30.7. The number of nitrogens with one attached hydrogen (secondary N) is 2. The van der Waals surface area contributed by atoms with Crippen LogP contribution in [0.4, 0.5) is 5.69 Å². The van der Waals surface area contributed by atoms with E-state index in [-0.39, 0.29) is 6.42 Å². The zero-order chi connectivity index (χ0) is 21.3. The van der Waals surface area contributed by atoms with Crippen molar-refractivity contribution in [1.29, 1.82) is 0 Å². The van der Waals surface area contributed by atoms with E-state index in [2.05, 4.69) is 15.1 Å². The van der Waals surface area contributed by atoms with Gasteiger partial charge in [0.1, 0.15) is 6.04 Å². The van der Waals surface area contributed by atoms with E-state index in [9.17, 15) is 18.3 Å². The van der Waals surface area contributed by atoms with Crippen LogP contribution in [0, 0.1) is 6.92 Å². The summed E-state index contributed by atoms with van der Waals surface area (Å²) in [7, 11) is -2.45. The maximum atomic E-state index is 12.9. The topological polar surface area (TPSA) is 117 Å². The molecule has 0 spiro atoms. The number of aryl methyl sites for hydroxylation is 2. The number of rotatable bonds is 5. The standard InChI is InChI=1S/C19H27N5O4S/c1-5-24-11-16(12(2)21-24)17-10-18(23(4)29(27,28)22-17)19(26)20-15-8-6-7-14(9-15)13(3)25/h6-9,11,13,17-18,22,25H,5,10H2,1-4H3,(H,20,26). The Balaban J connectivity index is 1.85. The predicted molar refractivity (Wildman–Crippen MR) is 109 cm³/mol. The van der Waals surface area contributed by atoms with Crippen LogP contribution in [0.15, 0.2) is 30.5 Å². The zero-order valence-electron chi connectivity index (χ0n) is 17.0. The van der Waals surface area contributed by atoms with Gasteiger partial charge in [0.15, 0.2) is 0 Å². The van der Waals surface area contributed by atoms with Crippen LogP contribution < -0.4 is 10.0 Å². The smallest absolute Gasteiger partial charge is 0.280 e. The third-order valence-electron chi connectivity index (χ3n) is 5.19. The van der Waals surface area contributed by atoms with Gasteiger partial charge in [-0.05, 0) is 44.9 Å². The van der Waals surface area contributed by atoms with Gasteiger partial charge in [-0.3, -0.25) is 9.48 Å². The molecule has 0 aliphatic carbocycles. The average molecular weight is 422 g/mol. The first-order valence-corrected chi connectivity index (χ1v) is 10.9. The molecule has 3 rings (SSSR count). The van der Waals surface area contributed by atoms with E-state index in [1.807, 2.05) is 20.0 Å². The number of hydrogen-bond donors (Lipinski definition) is 3. The van der Waals surface area contributed by atoms with E-state index in [0.717, 1.165) is 15.6 Å². The van der Waals surface area contributed by atoms with Gasteiger partial charge in [-0.1, -0.05) is 12.1 Å². The van der Waals surface area contributed by atoms with Crippen molar-refractivity contribution in [2.75, 3.05) is 12.4 Å². The molecule has 3 unspecified atom stereocenters. The molecule has 2 aromatic rings. The van der Waals surface area contributed by atoms with Crippen LogP contribution in [-0.4, -0.2) is 46.6 Å². The Bertz CT molecular complexity index is 1000. The predicted octanol–water partition coefficient (Wildman–Crippen LogP) is 1.48. The van der Waals surface area contributed by atoms with Crippen LogP contribution in [0.1, 0.15) is 49.2 Å². The minimum Gasteiger partial charge on any atom is -0.389 e. The van der Waals surface area contributed by atoms with Crippen LogP contribution in [0.25, 0.3) is 0 Å². The summed E-state index contributed by atoms with van der Waals surface area (Å²) in [6.45, 7) is 6.08. The van der Waals surface area contributed by atoms with Gasteiger partial charge in [-0.2, -0.15) is 22.5 Å². The molecule has 158 valence electrons. The van der Waals surface area contributed by atoms with E-state index in [1.165, 1.54) is 7.05 Å². The third kappa shape index (κ3) is 4.50. The maximum absolute atomic E-state index is 12.9. The van der Waals surface area contributed by atoms with E-state index >= 15 is 0 Å². The average Bonchev–Trinajstić information content (AvgIpc) is 3.04. The molecule has 1 saturated heterocycles. The fourth-order valence-corrected chi connectivity index (χ4v) is 4.72. The Hall–Kier alpha value is -2.27. The second-order valence-corrected chi connectivity index (χ2v) is 9.02. The summed E-state index contributed by atoms with van der Waals surface area (Å²) in [6, 6.07) is 5.43. The molecule has 1 amide bonds. The molecule has 1 fully saturated rings. The summed E-state index contributed by atoms with van der Waals surface area (Å²) in [6.07, 6.45) is 1.42. The Morgan fingerprint density at radius 2 is 2.17 bits per heavy atom. The minimum atomic E-state index is -3.84. The summed E-state index contributed by atoms with van der Waals surface area (Å²) in [4.78, 5) is 12.9. The lowest BCUT2D eigenvalue weighted by atomic mass is 10.00. The van der Waals surface area contributed by atoms with Crippen molar-refractivity contribution in [3.8, 4) is 0 Å². The van der Waals surface area contributed by atoms with Gasteiger partial charge >= 0.3 is 0 Å². The van der Waals surface area contributed by atoms with Crippen molar-refractivity contribution in [2.24, 2.45) is 0 Å². The number of amides is 1. The first-order chi connectivity index (χ1) is 13.6. The summed E-state index contributed by atoms with van der Waals surface area (Å²) in [5, 5.41) is 16.9. The second-order valence-electron chi connectivity index (χ2n) is 7.26. The van der Waals surface area contributed by atoms with Crippen molar-refractivity contribution in [2.45, 2.75) is 51.9 Å². The van der Waals surface area contributed by atoms with Gasteiger partial charge in [0.05, 0.1) is 17.8 Å². The first-order valence-electron chi connectivity index (χ1n) is 9.50. The molecule has 0 bridgehead atoms. The number of carbonyl (C=O) groups is 1. The van der Waals surface area contributed by atoms with Crippen LogP contribution in [0.5, 0.6) is 0 Å². The number of aliphatic hydroxyl groups is 1. The highest BCUT2D eigenvalue weighted by Gasteiger charge is 2.41. The monoisotopic (exact) mass is 421 g/mol. The summed E-state index contributed by atoms with van der Waals surface area (Å²) in [5.74, 6) is -0.425. The summed E-state index contributed by atoms with van der Waals surface area (Å²) in [5.41, 5.74) is 2.66. The molecule has 29 heavy (non-hydrogen) atoms. The number of carbonyl (C=O) groups excluding carboxylic acids is 1. The molecular weight excluding hydrogens is 394 g/mol. The molecule has 3 atom stereocenters. The maximum Gasteiger partial charge on any atom is 0.280 e. The second kappa shape index (κ2) is 8.23. The van der Waals surface area contributed by atoms with Crippen molar-refractivity contribution >= 4 is 21.8 Å². The van der Waals surface area contributed by atoms with E-state index < -0.39 is 34.3 Å². The Morgan fingerprint density at radius 1 is 1.45 bits per heavy atom. The number of nitrogens with zero attached hydrogens (tertiary/aromatic N) is 3. The van der Waals surface area contributed by atoms with Gasteiger partial charge in [-0.25, -0.2) is 0 Å². The number of hydrogen-bond acceptors (Lipinski definition) is 5. The van der Waals surface area contributed by atoms with Crippen LogP contribution in [0.3, 0.4) is 0 Å². The molecule has 3 N–H and O–H groups in total. The number of aliphatic hydroxyl groups excluding tert-OH is 1. The fourth-order valence-electron chi connectivity index (χ4n) is 3.45. The first kappa shape index (κ1) is 21.4. The number of benzene rings is 1. The lowest BCUT2D eigenvalue weighted by Crippen LogP contribution is -2.56. The number of aromatic nitrogens is 2. The molecule has 1 aliphatic rings. The highest BCUT2D eigenvalue weighted by atomic mass is 32.2. The molecule has 1 aromatic carbocycles. The van der Waals surface area contributed by atoms with Gasteiger partial charge in [0, 0.05) is 31.0 Å². The SMILES string of the molecule is CCn1cc(C2CC(C(=O)Nc3cccc(C(C)O)c3)N(C)S(=O)(=O)N2)c(C)n1. The van der Waals surface area contributed by atoms with Crippen molar-refractivity contribution in [1.82, 2.24) is 18.8 Å². The zero-order valence-corrected chi connectivity index (χ0v) is 17.8. The van der Waals surface area contributed by atoms with Crippen molar-refractivity contribution < 1.29 is 18.3 Å². The van der Waals surface area contributed by atoms with Gasteiger partial charge in [0.2, 0.25) is 5.91 Å². The Kier molecular flexibility index (Phi) is 6.08. The largest absolute Gasteiger partial charge is 0.389 e. The lowest BCUT2D eigenvalue weighted by molar-refractivity contribution is -0.120. The van der Waals surface area contributed by atoms with E-state index in [1.54, 1.807) is 35.9 Å². The number of anilines is 1. The fraction of sp³-hybridized carbons (Fsp3) is 0.474. The van der Waals surface area contributed by atoms with Gasteiger partial charge in [-0.15, -0.1) is 0 Å². The van der Waals surface area contributed by atoms with E-state index in [0.29, 0.717) is 17.8 Å². The van der Waals surface area contributed by atoms with Crippen LogP contribution in [0.2, 0.25) is 0 Å². The highest BCUT2D eigenvalue weighted by Crippen LogP contribution is 2.30. The molecular formula is C19H27N5O4S. The van der Waals surface area contributed by atoms with Crippen LogP contribution in [-0.2, 0) is 21.5 Å². The molecule has 1 aliphatic heterocycles. The summed E-state index contributed by atoms with van der Waals surface area (Å²) >= 11 is 0. The molecule has 0 saturated carbocycles. The molecule has 2 heterocycles. The van der Waals surface area contributed by atoms with Crippen molar-refractivity contribution in [3.05, 3.63) is 47.3 Å². The molecule has 1 aromatic heterocycles. The molecule has 0 radical (unpaired) electrons. The third-order valence-corrected chi connectivity index (χ3v) is 6.79. The Morgan fingerprint density at radius 3 is 2.79 bits per heavy atom.